The van der Waals surface area contributed by atoms with Gasteiger partial charge in [-0.15, -0.1) is 11.3 Å². The zero-order valence-electron chi connectivity index (χ0n) is 16.1. The maximum absolute atomic E-state index is 14.4. The Hall–Kier alpha value is -3.59. The van der Waals surface area contributed by atoms with Crippen molar-refractivity contribution in [2.45, 2.75) is 12.8 Å². The van der Waals surface area contributed by atoms with Crippen molar-refractivity contribution in [3.63, 3.8) is 0 Å². The number of thiophene rings is 1. The van der Waals surface area contributed by atoms with Gasteiger partial charge in [-0.1, -0.05) is 24.8 Å². The highest BCUT2D eigenvalue weighted by atomic mass is 32.1. The summed E-state index contributed by atoms with van der Waals surface area (Å²) in [6, 6.07) is 7.00. The second-order valence-electron chi connectivity index (χ2n) is 6.66. The summed E-state index contributed by atoms with van der Waals surface area (Å²) in [6.45, 7) is 4.71. The van der Waals surface area contributed by atoms with Crippen LogP contribution in [0, 0.1) is 12.7 Å². The van der Waals surface area contributed by atoms with Crippen LogP contribution in [0.1, 0.15) is 31.8 Å². The zero-order chi connectivity index (χ0) is 22.9. The quantitative estimate of drug-likeness (QED) is 0.417. The first kappa shape index (κ1) is 22.1. The van der Waals surface area contributed by atoms with Crippen LogP contribution in [0.25, 0.3) is 11.1 Å². The average molecular weight is 447 g/mol. The van der Waals surface area contributed by atoms with E-state index in [-0.39, 0.29) is 27.3 Å². The van der Waals surface area contributed by atoms with Gasteiger partial charge in [0.05, 0.1) is 5.56 Å². The number of carbonyl (C=O) groups is 2. The number of hydrogen-bond donors (Lipinski definition) is 3. The van der Waals surface area contributed by atoms with E-state index in [9.17, 15) is 33.0 Å². The molecule has 0 aliphatic rings. The summed E-state index contributed by atoms with van der Waals surface area (Å²) >= 11 is 0.858. The number of rotatable bonds is 6. The van der Waals surface area contributed by atoms with Crippen LogP contribution in [0.5, 0.6) is 5.75 Å². The molecule has 0 unspecified atom stereocenters. The lowest BCUT2D eigenvalue weighted by Crippen LogP contribution is -2.15. The molecule has 160 valence electrons. The number of nitrogens with one attached hydrogen (secondary N) is 1. The van der Waals surface area contributed by atoms with Crippen LogP contribution in [0.15, 0.2) is 54.4 Å². The molecule has 9 heteroatoms. The lowest BCUT2D eigenvalue weighted by Gasteiger charge is -2.13. The van der Waals surface area contributed by atoms with E-state index in [0.29, 0.717) is 11.6 Å². The third-order valence-electron chi connectivity index (χ3n) is 4.53. The van der Waals surface area contributed by atoms with Gasteiger partial charge in [-0.3, -0.25) is 4.79 Å². The van der Waals surface area contributed by atoms with Crippen LogP contribution in [0.3, 0.4) is 0 Å². The van der Waals surface area contributed by atoms with Crippen LogP contribution in [0.2, 0.25) is 0 Å². The summed E-state index contributed by atoms with van der Waals surface area (Å²) in [5, 5.41) is 23.3. The van der Waals surface area contributed by atoms with E-state index in [1.165, 1.54) is 17.5 Å². The number of aromatic hydroxyl groups is 1. The molecule has 1 amide bonds. The predicted molar refractivity (Wildman–Crippen MR) is 112 cm³/mol. The normalized spacial score (nSPS) is 11.2. The first-order valence-electron chi connectivity index (χ1n) is 8.82. The monoisotopic (exact) mass is 447 g/mol. The molecule has 3 rings (SSSR count). The Morgan fingerprint density at radius 2 is 1.87 bits per heavy atom. The molecule has 1 heterocycles. The Balaban J connectivity index is 1.96. The number of benzene rings is 2. The van der Waals surface area contributed by atoms with Gasteiger partial charge in [0.1, 0.15) is 22.1 Å². The molecule has 0 saturated heterocycles. The Kier molecular flexibility index (Phi) is 5.90. The van der Waals surface area contributed by atoms with Gasteiger partial charge in [-0.2, -0.15) is 8.78 Å². The molecule has 0 aliphatic heterocycles. The minimum absolute atomic E-state index is 0.0543. The number of aromatic carboxylic acids is 1. The lowest BCUT2D eigenvalue weighted by atomic mass is 10.0. The van der Waals surface area contributed by atoms with Crippen molar-refractivity contribution in [3.8, 4) is 16.9 Å². The number of phenolic OH excluding ortho intramolecular Hbond substituents is 1. The summed E-state index contributed by atoms with van der Waals surface area (Å²) in [5.41, 5.74) is -0.431. The van der Waals surface area contributed by atoms with Gasteiger partial charge in [0.2, 0.25) is 0 Å². The Bertz CT molecular complexity index is 1200. The first-order chi connectivity index (χ1) is 14.5. The number of hydrogen-bond acceptors (Lipinski definition) is 4. The van der Waals surface area contributed by atoms with Gasteiger partial charge in [-0.25, -0.2) is 9.18 Å². The molecule has 0 fully saturated rings. The van der Waals surface area contributed by atoms with Gasteiger partial charge in [0.25, 0.3) is 11.8 Å². The number of halogens is 3. The van der Waals surface area contributed by atoms with Crippen molar-refractivity contribution in [1.29, 1.82) is 0 Å². The second-order valence-corrected chi connectivity index (χ2v) is 7.53. The minimum Gasteiger partial charge on any atom is -0.507 e. The number of aryl methyl sites for hydroxylation is 1. The maximum Gasteiger partial charge on any atom is 0.339 e. The molecule has 0 atom stereocenters. The number of alkyl halides is 2. The zero-order valence-corrected chi connectivity index (χ0v) is 16.9. The molecule has 3 aromatic rings. The SMILES string of the molecule is C=CC(F)(F)c1ccc(C(=O)Nc2scc(-c3ccc(C)cc3F)c2C(=O)O)c(O)c1. The summed E-state index contributed by atoms with van der Waals surface area (Å²) in [4.78, 5) is 24.4. The highest BCUT2D eigenvalue weighted by molar-refractivity contribution is 7.15. The minimum atomic E-state index is -3.40. The molecule has 2 aromatic carbocycles. The van der Waals surface area contributed by atoms with Gasteiger partial charge in [0.15, 0.2) is 0 Å². The van der Waals surface area contributed by atoms with Crippen molar-refractivity contribution in [2.75, 3.05) is 5.32 Å². The maximum atomic E-state index is 14.4. The largest absolute Gasteiger partial charge is 0.507 e. The van der Waals surface area contributed by atoms with Crippen LogP contribution in [-0.4, -0.2) is 22.1 Å². The van der Waals surface area contributed by atoms with E-state index in [0.717, 1.165) is 29.5 Å². The van der Waals surface area contributed by atoms with E-state index in [4.69, 9.17) is 0 Å². The molecule has 0 bridgehead atoms. The molecular formula is C22H16F3NO4S. The number of carbonyl (C=O) groups excluding carboxylic acids is 1. The fraction of sp³-hybridized carbons (Fsp3) is 0.0909. The summed E-state index contributed by atoms with van der Waals surface area (Å²) in [7, 11) is 0. The Morgan fingerprint density at radius 3 is 2.45 bits per heavy atom. The average Bonchev–Trinajstić information content (AvgIpc) is 3.11. The Morgan fingerprint density at radius 1 is 1.16 bits per heavy atom. The van der Waals surface area contributed by atoms with Crippen LogP contribution < -0.4 is 5.32 Å². The molecule has 0 aliphatic carbocycles. The predicted octanol–water partition coefficient (Wildman–Crippen LogP) is 5.80. The number of carboxylic acids is 1. The fourth-order valence-corrected chi connectivity index (χ4v) is 3.87. The summed E-state index contributed by atoms with van der Waals surface area (Å²) < 4.78 is 41.7. The highest BCUT2D eigenvalue weighted by Gasteiger charge is 2.29. The lowest BCUT2D eigenvalue weighted by molar-refractivity contribution is 0.0522. The molecule has 0 saturated carbocycles. The first-order valence-corrected chi connectivity index (χ1v) is 9.70. The van der Waals surface area contributed by atoms with Gasteiger partial charge in [-0.05, 0) is 36.8 Å². The van der Waals surface area contributed by atoms with Crippen molar-refractivity contribution in [3.05, 3.63) is 82.5 Å². The standard InChI is InChI=1S/C22H16F3NO4S/c1-3-22(24,25)12-5-7-14(17(27)9-12)19(28)26-20-18(21(29)30)15(10-31-20)13-6-4-11(2)8-16(13)23/h3-10,27H,1H2,2H3,(H,26,28)(H,29,30). The van der Waals surface area contributed by atoms with E-state index in [1.807, 2.05) is 0 Å². The number of allylic oxidation sites excluding steroid dienone is 1. The van der Waals surface area contributed by atoms with Gasteiger partial charge >= 0.3 is 5.97 Å². The molecule has 1 aromatic heterocycles. The van der Waals surface area contributed by atoms with Crippen molar-refractivity contribution >= 4 is 28.2 Å². The number of carboxylic acid groups (broad SMARTS) is 1. The third kappa shape index (κ3) is 4.31. The van der Waals surface area contributed by atoms with Crippen LogP contribution >= 0.6 is 11.3 Å². The van der Waals surface area contributed by atoms with E-state index >= 15 is 0 Å². The third-order valence-corrected chi connectivity index (χ3v) is 5.43. The number of phenols is 1. The molecule has 0 spiro atoms. The molecule has 5 nitrogen and oxygen atoms in total. The highest BCUT2D eigenvalue weighted by Crippen LogP contribution is 2.38. The van der Waals surface area contributed by atoms with Gasteiger partial charge in [0, 0.05) is 22.1 Å². The van der Waals surface area contributed by atoms with Crippen molar-refractivity contribution in [2.24, 2.45) is 0 Å². The van der Waals surface area contributed by atoms with E-state index < -0.39 is 34.9 Å². The molecule has 0 radical (unpaired) electrons. The molecule has 3 N–H and O–H groups in total. The van der Waals surface area contributed by atoms with E-state index in [2.05, 4.69) is 11.9 Å². The van der Waals surface area contributed by atoms with Gasteiger partial charge < -0.3 is 15.5 Å². The van der Waals surface area contributed by atoms with E-state index in [1.54, 1.807) is 13.0 Å². The summed E-state index contributed by atoms with van der Waals surface area (Å²) in [6.07, 6.45) is 0.401. The smallest absolute Gasteiger partial charge is 0.339 e. The van der Waals surface area contributed by atoms with Crippen LogP contribution in [-0.2, 0) is 5.92 Å². The van der Waals surface area contributed by atoms with Crippen molar-refractivity contribution < 1.29 is 33.0 Å². The Labute approximate surface area is 179 Å². The fourth-order valence-electron chi connectivity index (χ4n) is 2.92. The number of anilines is 1. The second kappa shape index (κ2) is 8.27. The van der Waals surface area contributed by atoms with Crippen molar-refractivity contribution in [1.82, 2.24) is 0 Å². The summed E-state index contributed by atoms with van der Waals surface area (Å²) in [5.74, 6) is -7.03. The molecular weight excluding hydrogens is 431 g/mol. The topological polar surface area (TPSA) is 86.6 Å². The number of amides is 1. The van der Waals surface area contributed by atoms with Crippen LogP contribution in [0.4, 0.5) is 18.2 Å². The molecule has 31 heavy (non-hydrogen) atoms.